The van der Waals surface area contributed by atoms with Crippen LogP contribution in [0.25, 0.3) is 6.08 Å². The van der Waals surface area contributed by atoms with Gasteiger partial charge in [-0.25, -0.2) is 0 Å². The summed E-state index contributed by atoms with van der Waals surface area (Å²) in [6.07, 6.45) is 2.76. The van der Waals surface area contributed by atoms with E-state index in [2.05, 4.69) is 5.32 Å². The van der Waals surface area contributed by atoms with Gasteiger partial charge in [0.25, 0.3) is 5.69 Å². The molecule has 6 heteroatoms. The highest BCUT2D eigenvalue weighted by Crippen LogP contribution is 2.19. The van der Waals surface area contributed by atoms with Gasteiger partial charge in [0.1, 0.15) is 0 Å². The van der Waals surface area contributed by atoms with Crippen molar-refractivity contribution in [2.24, 2.45) is 0 Å². The number of nitrogens with zero attached hydrogens (tertiary/aromatic N) is 1. The second kappa shape index (κ2) is 6.81. The zero-order chi connectivity index (χ0) is 15.2. The quantitative estimate of drug-likeness (QED) is 0.523. The Balaban J connectivity index is 1.99. The van der Waals surface area contributed by atoms with Crippen molar-refractivity contribution in [3.8, 4) is 0 Å². The van der Waals surface area contributed by atoms with Gasteiger partial charge in [-0.05, 0) is 36.1 Å². The van der Waals surface area contributed by atoms with Crippen molar-refractivity contribution in [2.75, 3.05) is 0 Å². The lowest BCUT2D eigenvalue weighted by Crippen LogP contribution is -2.19. The van der Waals surface area contributed by atoms with Gasteiger partial charge in [-0.3, -0.25) is 14.9 Å². The smallest absolute Gasteiger partial charge is 0.276 e. The molecule has 0 saturated heterocycles. The maximum absolute atomic E-state index is 11.7. The molecule has 2 rings (SSSR count). The molecule has 0 aliphatic rings. The number of aryl methyl sites for hydroxylation is 1. The van der Waals surface area contributed by atoms with E-state index in [1.54, 1.807) is 29.5 Å². The fourth-order valence-electron chi connectivity index (χ4n) is 1.77. The highest BCUT2D eigenvalue weighted by atomic mass is 32.1. The van der Waals surface area contributed by atoms with E-state index in [4.69, 9.17) is 0 Å². The number of nitro benzene ring substituents is 1. The van der Waals surface area contributed by atoms with Crippen molar-refractivity contribution in [2.45, 2.75) is 13.5 Å². The molecule has 1 aromatic heterocycles. The fourth-order valence-corrected chi connectivity index (χ4v) is 2.62. The Kier molecular flexibility index (Phi) is 4.84. The molecular formula is C15H14N2O3S. The summed E-state index contributed by atoms with van der Waals surface area (Å²) in [6, 6.07) is 8.29. The van der Waals surface area contributed by atoms with Crippen LogP contribution in [0.4, 0.5) is 5.69 Å². The minimum atomic E-state index is -0.466. The van der Waals surface area contributed by atoms with Crippen LogP contribution >= 0.6 is 11.3 Å². The van der Waals surface area contributed by atoms with Crippen LogP contribution in [-0.2, 0) is 11.3 Å². The molecule has 0 spiro atoms. The molecule has 1 amide bonds. The maximum atomic E-state index is 11.7. The Morgan fingerprint density at radius 2 is 2.14 bits per heavy atom. The Labute approximate surface area is 126 Å². The number of thiophene rings is 1. The molecule has 1 aromatic carbocycles. The van der Waals surface area contributed by atoms with Gasteiger partial charge < -0.3 is 5.32 Å². The molecule has 0 bridgehead atoms. The molecule has 0 aliphatic carbocycles. The summed E-state index contributed by atoms with van der Waals surface area (Å²) in [7, 11) is 0. The molecule has 1 heterocycles. The summed E-state index contributed by atoms with van der Waals surface area (Å²) >= 11 is 1.58. The maximum Gasteiger partial charge on any atom is 0.276 e. The highest BCUT2D eigenvalue weighted by Gasteiger charge is 2.09. The van der Waals surface area contributed by atoms with E-state index in [1.165, 1.54) is 18.2 Å². The number of benzene rings is 1. The van der Waals surface area contributed by atoms with E-state index in [0.717, 1.165) is 10.4 Å². The zero-order valence-electron chi connectivity index (χ0n) is 11.4. The van der Waals surface area contributed by atoms with Gasteiger partial charge in [0.15, 0.2) is 0 Å². The van der Waals surface area contributed by atoms with Gasteiger partial charge >= 0.3 is 0 Å². The van der Waals surface area contributed by atoms with Crippen LogP contribution in [0.5, 0.6) is 0 Å². The van der Waals surface area contributed by atoms with E-state index < -0.39 is 4.92 Å². The van der Waals surface area contributed by atoms with Crippen molar-refractivity contribution >= 4 is 29.0 Å². The number of amides is 1. The normalized spacial score (nSPS) is 10.7. The zero-order valence-corrected chi connectivity index (χ0v) is 12.2. The lowest BCUT2D eigenvalue weighted by molar-refractivity contribution is -0.385. The van der Waals surface area contributed by atoms with Gasteiger partial charge in [-0.1, -0.05) is 12.1 Å². The molecule has 0 fully saturated rings. The van der Waals surface area contributed by atoms with Crippen LogP contribution in [0.3, 0.4) is 0 Å². The lowest BCUT2D eigenvalue weighted by Gasteiger charge is -2.01. The van der Waals surface area contributed by atoms with Crippen LogP contribution in [0.1, 0.15) is 16.0 Å². The summed E-state index contributed by atoms with van der Waals surface area (Å²) in [4.78, 5) is 23.2. The second-order valence-corrected chi connectivity index (χ2v) is 5.39. The molecule has 0 atom stereocenters. The first-order chi connectivity index (χ1) is 10.1. The van der Waals surface area contributed by atoms with Crippen molar-refractivity contribution < 1.29 is 9.72 Å². The first kappa shape index (κ1) is 14.9. The number of nitro groups is 1. The van der Waals surface area contributed by atoms with Crippen LogP contribution in [0.15, 0.2) is 41.8 Å². The fraction of sp³-hybridized carbons (Fsp3) is 0.133. The van der Waals surface area contributed by atoms with E-state index in [-0.39, 0.29) is 11.6 Å². The number of carbonyl (C=O) groups excluding carboxylic acids is 1. The summed E-state index contributed by atoms with van der Waals surface area (Å²) in [5, 5.41) is 15.6. The van der Waals surface area contributed by atoms with Crippen LogP contribution in [-0.4, -0.2) is 10.8 Å². The number of hydrogen-bond donors (Lipinski definition) is 1. The van der Waals surface area contributed by atoms with E-state index in [9.17, 15) is 14.9 Å². The third kappa shape index (κ3) is 4.00. The molecule has 0 unspecified atom stereocenters. The largest absolute Gasteiger partial charge is 0.348 e. The van der Waals surface area contributed by atoms with E-state index in [0.29, 0.717) is 12.1 Å². The average Bonchev–Trinajstić information content (AvgIpc) is 2.88. The highest BCUT2D eigenvalue weighted by molar-refractivity contribution is 7.10. The molecule has 2 aromatic rings. The van der Waals surface area contributed by atoms with Gasteiger partial charge in [0, 0.05) is 17.0 Å². The number of carbonyl (C=O) groups is 1. The molecular weight excluding hydrogens is 288 g/mol. The Bertz CT molecular complexity index is 692. The van der Waals surface area contributed by atoms with E-state index >= 15 is 0 Å². The first-order valence-electron chi connectivity index (χ1n) is 6.30. The minimum absolute atomic E-state index is 0.0179. The summed E-state index contributed by atoms with van der Waals surface area (Å²) in [6.45, 7) is 2.45. The predicted molar refractivity (Wildman–Crippen MR) is 83.0 cm³/mol. The van der Waals surface area contributed by atoms with Crippen LogP contribution in [0.2, 0.25) is 0 Å². The van der Waals surface area contributed by atoms with Gasteiger partial charge in [-0.15, -0.1) is 11.3 Å². The average molecular weight is 302 g/mol. The Morgan fingerprint density at radius 3 is 2.81 bits per heavy atom. The predicted octanol–water partition coefficient (Wildman–Crippen LogP) is 3.29. The SMILES string of the molecule is Cc1ccsc1CNC(=O)/C=C/c1ccccc1[N+](=O)[O-]. The monoisotopic (exact) mass is 302 g/mol. The van der Waals surface area contributed by atoms with Crippen molar-refractivity contribution in [1.29, 1.82) is 0 Å². The molecule has 1 N–H and O–H groups in total. The third-order valence-electron chi connectivity index (χ3n) is 2.94. The molecule has 108 valence electrons. The first-order valence-corrected chi connectivity index (χ1v) is 7.18. The van der Waals surface area contributed by atoms with Crippen molar-refractivity contribution in [3.63, 3.8) is 0 Å². The molecule has 21 heavy (non-hydrogen) atoms. The summed E-state index contributed by atoms with van der Waals surface area (Å²) in [5.41, 5.74) is 1.53. The Morgan fingerprint density at radius 1 is 1.38 bits per heavy atom. The molecule has 0 aliphatic heterocycles. The number of nitrogens with one attached hydrogen (secondary N) is 1. The Hall–Kier alpha value is -2.47. The molecule has 0 saturated carbocycles. The number of hydrogen-bond acceptors (Lipinski definition) is 4. The second-order valence-electron chi connectivity index (χ2n) is 4.39. The standard InChI is InChI=1S/C15H14N2O3S/c1-11-8-9-21-14(11)10-16-15(18)7-6-12-4-2-3-5-13(12)17(19)20/h2-9H,10H2,1H3,(H,16,18)/b7-6+. The third-order valence-corrected chi connectivity index (χ3v) is 3.96. The number of para-hydroxylation sites is 1. The van der Waals surface area contributed by atoms with Crippen LogP contribution < -0.4 is 5.32 Å². The molecule has 0 radical (unpaired) electrons. The van der Waals surface area contributed by atoms with Crippen molar-refractivity contribution in [1.82, 2.24) is 5.32 Å². The molecule has 5 nitrogen and oxygen atoms in total. The van der Waals surface area contributed by atoms with E-state index in [1.807, 2.05) is 18.4 Å². The van der Waals surface area contributed by atoms with Gasteiger partial charge in [0.2, 0.25) is 5.91 Å². The lowest BCUT2D eigenvalue weighted by atomic mass is 10.1. The topological polar surface area (TPSA) is 72.2 Å². The van der Waals surface area contributed by atoms with Gasteiger partial charge in [-0.2, -0.15) is 0 Å². The van der Waals surface area contributed by atoms with Crippen LogP contribution in [0, 0.1) is 17.0 Å². The summed E-state index contributed by atoms with van der Waals surface area (Å²) in [5.74, 6) is -0.277. The van der Waals surface area contributed by atoms with Gasteiger partial charge in [0.05, 0.1) is 17.0 Å². The summed E-state index contributed by atoms with van der Waals surface area (Å²) < 4.78 is 0. The number of rotatable bonds is 5. The van der Waals surface area contributed by atoms with Crippen molar-refractivity contribution in [3.05, 3.63) is 67.9 Å². The minimum Gasteiger partial charge on any atom is -0.348 e.